The van der Waals surface area contributed by atoms with Crippen LogP contribution in [0.5, 0.6) is 0 Å². The molecule has 15 heavy (non-hydrogen) atoms. The van der Waals surface area contributed by atoms with Gasteiger partial charge in [-0.05, 0) is 36.5 Å². The second kappa shape index (κ2) is 5.55. The molecule has 0 bridgehead atoms. The molecular weight excluding hydrogens is 204 g/mol. The van der Waals surface area contributed by atoms with Crippen molar-refractivity contribution in [3.63, 3.8) is 0 Å². The van der Waals surface area contributed by atoms with Crippen LogP contribution >= 0.6 is 11.6 Å². The molecule has 0 radical (unpaired) electrons. The quantitative estimate of drug-likeness (QED) is 0.686. The van der Waals surface area contributed by atoms with Gasteiger partial charge in [0.15, 0.2) is 0 Å². The zero-order valence-electron chi connectivity index (χ0n) is 9.21. The molecule has 1 aromatic carbocycles. The number of hydrogen-bond acceptors (Lipinski definition) is 0. The minimum Gasteiger partial charge on any atom is -0.0843 e. The summed E-state index contributed by atoms with van der Waals surface area (Å²) in [7, 11) is 0. The first kappa shape index (κ1) is 11.0. The van der Waals surface area contributed by atoms with Crippen molar-refractivity contribution in [2.45, 2.75) is 44.9 Å². The summed E-state index contributed by atoms with van der Waals surface area (Å²) in [4.78, 5) is 0. The van der Waals surface area contributed by atoms with Crippen molar-refractivity contribution in [3.05, 3.63) is 34.9 Å². The monoisotopic (exact) mass is 222 g/mol. The lowest BCUT2D eigenvalue weighted by atomic mass is 9.85. The summed E-state index contributed by atoms with van der Waals surface area (Å²) >= 11 is 5.86. The maximum atomic E-state index is 5.86. The standard InChI is InChI=1S/C14H19Cl/c15-14-10-8-13(9-11-14)7-6-12-4-2-1-3-5-12/h8-12H,1-7H2. The summed E-state index contributed by atoms with van der Waals surface area (Å²) in [5.74, 6) is 0.981. The van der Waals surface area contributed by atoms with Gasteiger partial charge in [0.1, 0.15) is 0 Å². The SMILES string of the molecule is Clc1ccc(CCC2CCCCC2)cc1. The van der Waals surface area contributed by atoms with Crippen molar-refractivity contribution in [1.82, 2.24) is 0 Å². The van der Waals surface area contributed by atoms with E-state index in [1.54, 1.807) is 0 Å². The first-order valence-electron chi connectivity index (χ1n) is 6.09. The fourth-order valence-corrected chi connectivity index (χ4v) is 2.62. The average Bonchev–Trinajstić information content (AvgIpc) is 2.30. The van der Waals surface area contributed by atoms with Gasteiger partial charge in [0, 0.05) is 5.02 Å². The molecule has 0 atom stereocenters. The van der Waals surface area contributed by atoms with Crippen LogP contribution in [0.1, 0.15) is 44.1 Å². The number of benzene rings is 1. The predicted molar refractivity (Wildman–Crippen MR) is 66.3 cm³/mol. The molecule has 1 aliphatic carbocycles. The van der Waals surface area contributed by atoms with Crippen LogP contribution in [-0.4, -0.2) is 0 Å². The van der Waals surface area contributed by atoms with E-state index < -0.39 is 0 Å². The van der Waals surface area contributed by atoms with Gasteiger partial charge in [-0.2, -0.15) is 0 Å². The second-order valence-electron chi connectivity index (χ2n) is 4.67. The van der Waals surface area contributed by atoms with Crippen LogP contribution in [0.25, 0.3) is 0 Å². The van der Waals surface area contributed by atoms with E-state index >= 15 is 0 Å². The van der Waals surface area contributed by atoms with Gasteiger partial charge in [0.05, 0.1) is 0 Å². The normalized spacial score (nSPS) is 17.9. The predicted octanol–water partition coefficient (Wildman–Crippen LogP) is 4.85. The molecule has 1 fully saturated rings. The van der Waals surface area contributed by atoms with Gasteiger partial charge in [0.2, 0.25) is 0 Å². The van der Waals surface area contributed by atoms with E-state index in [4.69, 9.17) is 11.6 Å². The van der Waals surface area contributed by atoms with E-state index in [1.807, 2.05) is 12.1 Å². The van der Waals surface area contributed by atoms with Crippen LogP contribution in [0, 0.1) is 5.92 Å². The largest absolute Gasteiger partial charge is 0.0843 e. The molecule has 1 heteroatoms. The first-order valence-corrected chi connectivity index (χ1v) is 6.47. The fraction of sp³-hybridized carbons (Fsp3) is 0.571. The Labute approximate surface area is 97.6 Å². The third-order valence-corrected chi connectivity index (χ3v) is 3.73. The molecular formula is C14H19Cl. The Hall–Kier alpha value is -0.490. The van der Waals surface area contributed by atoms with Gasteiger partial charge in [-0.1, -0.05) is 55.8 Å². The molecule has 0 unspecified atom stereocenters. The number of aryl methyl sites for hydroxylation is 1. The van der Waals surface area contributed by atoms with Gasteiger partial charge in [-0.15, -0.1) is 0 Å². The van der Waals surface area contributed by atoms with Crippen LogP contribution in [0.3, 0.4) is 0 Å². The maximum Gasteiger partial charge on any atom is 0.0406 e. The minimum absolute atomic E-state index is 0.844. The van der Waals surface area contributed by atoms with Crippen molar-refractivity contribution < 1.29 is 0 Å². The lowest BCUT2D eigenvalue weighted by Crippen LogP contribution is -2.07. The Bertz CT molecular complexity index is 283. The van der Waals surface area contributed by atoms with Crippen molar-refractivity contribution >= 4 is 11.6 Å². The highest BCUT2D eigenvalue weighted by Crippen LogP contribution is 2.27. The molecule has 1 saturated carbocycles. The van der Waals surface area contributed by atoms with Gasteiger partial charge in [-0.3, -0.25) is 0 Å². The van der Waals surface area contributed by atoms with Crippen LogP contribution < -0.4 is 0 Å². The average molecular weight is 223 g/mol. The zero-order valence-corrected chi connectivity index (χ0v) is 9.97. The highest BCUT2D eigenvalue weighted by atomic mass is 35.5. The fourth-order valence-electron chi connectivity index (χ4n) is 2.50. The third kappa shape index (κ3) is 3.53. The summed E-state index contributed by atoms with van der Waals surface area (Å²) in [5.41, 5.74) is 1.44. The van der Waals surface area contributed by atoms with Crippen molar-refractivity contribution in [3.8, 4) is 0 Å². The van der Waals surface area contributed by atoms with Gasteiger partial charge in [-0.25, -0.2) is 0 Å². The lowest BCUT2D eigenvalue weighted by molar-refractivity contribution is 0.339. The first-order chi connectivity index (χ1) is 7.34. The Morgan fingerprint density at radius 3 is 2.33 bits per heavy atom. The molecule has 0 aromatic heterocycles. The van der Waals surface area contributed by atoms with Gasteiger partial charge >= 0.3 is 0 Å². The van der Waals surface area contributed by atoms with E-state index in [0.717, 1.165) is 10.9 Å². The van der Waals surface area contributed by atoms with Crippen molar-refractivity contribution in [2.75, 3.05) is 0 Å². The summed E-state index contributed by atoms with van der Waals surface area (Å²) in [5, 5.41) is 0.844. The van der Waals surface area contributed by atoms with E-state index in [9.17, 15) is 0 Å². The van der Waals surface area contributed by atoms with Crippen molar-refractivity contribution in [2.24, 2.45) is 5.92 Å². The molecule has 0 aliphatic heterocycles. The van der Waals surface area contributed by atoms with Crippen molar-refractivity contribution in [1.29, 1.82) is 0 Å². The molecule has 82 valence electrons. The highest BCUT2D eigenvalue weighted by Gasteiger charge is 2.12. The maximum absolute atomic E-state index is 5.86. The Morgan fingerprint density at radius 1 is 1.00 bits per heavy atom. The molecule has 1 aromatic rings. The van der Waals surface area contributed by atoms with Crippen LogP contribution in [0.4, 0.5) is 0 Å². The molecule has 0 saturated heterocycles. The smallest absolute Gasteiger partial charge is 0.0406 e. The van der Waals surface area contributed by atoms with Crippen LogP contribution in [0.2, 0.25) is 5.02 Å². The second-order valence-corrected chi connectivity index (χ2v) is 5.11. The number of rotatable bonds is 3. The zero-order chi connectivity index (χ0) is 10.5. The molecule has 0 nitrogen and oxygen atoms in total. The van der Waals surface area contributed by atoms with Gasteiger partial charge in [0.25, 0.3) is 0 Å². The number of halogens is 1. The van der Waals surface area contributed by atoms with E-state index in [1.165, 1.54) is 50.5 Å². The highest BCUT2D eigenvalue weighted by molar-refractivity contribution is 6.30. The Morgan fingerprint density at radius 2 is 1.67 bits per heavy atom. The summed E-state index contributed by atoms with van der Waals surface area (Å²) in [6, 6.07) is 8.31. The molecule has 0 N–H and O–H groups in total. The topological polar surface area (TPSA) is 0 Å². The molecule has 0 spiro atoms. The minimum atomic E-state index is 0.844. The van der Waals surface area contributed by atoms with E-state index in [2.05, 4.69) is 12.1 Å². The van der Waals surface area contributed by atoms with Crippen LogP contribution in [-0.2, 0) is 6.42 Å². The van der Waals surface area contributed by atoms with Gasteiger partial charge < -0.3 is 0 Å². The summed E-state index contributed by atoms with van der Waals surface area (Å²) < 4.78 is 0. The Kier molecular flexibility index (Phi) is 4.08. The van der Waals surface area contributed by atoms with E-state index in [-0.39, 0.29) is 0 Å². The Balaban J connectivity index is 1.79. The molecule has 2 rings (SSSR count). The third-order valence-electron chi connectivity index (χ3n) is 3.48. The van der Waals surface area contributed by atoms with E-state index in [0.29, 0.717) is 0 Å². The number of hydrogen-bond donors (Lipinski definition) is 0. The lowest BCUT2D eigenvalue weighted by Gasteiger charge is -2.21. The summed E-state index contributed by atoms with van der Waals surface area (Å²) in [6.45, 7) is 0. The molecule has 0 amide bonds. The summed E-state index contributed by atoms with van der Waals surface area (Å²) in [6.07, 6.45) is 9.85. The van der Waals surface area contributed by atoms with Crippen LogP contribution in [0.15, 0.2) is 24.3 Å². The molecule has 1 aliphatic rings. The molecule has 0 heterocycles.